The highest BCUT2D eigenvalue weighted by atomic mass is 35.5. The first-order chi connectivity index (χ1) is 8.73. The number of benzene rings is 1. The normalized spacial score (nSPS) is 12.4. The van der Waals surface area contributed by atoms with Crippen molar-refractivity contribution in [1.82, 2.24) is 4.90 Å². The van der Waals surface area contributed by atoms with Gasteiger partial charge in [0, 0.05) is 12.5 Å². The Morgan fingerprint density at radius 2 is 1.68 bits per heavy atom. The number of anilines is 1. The molecule has 0 saturated heterocycles. The number of nitrogens with one attached hydrogen (secondary N) is 1. The maximum Gasteiger partial charge on any atom is 0.221 e. The van der Waals surface area contributed by atoms with Gasteiger partial charge in [-0.1, -0.05) is 23.2 Å². The zero-order chi connectivity index (χ0) is 14.7. The van der Waals surface area contributed by atoms with Gasteiger partial charge in [-0.25, -0.2) is 0 Å². The van der Waals surface area contributed by atoms with Crippen LogP contribution in [0, 0.1) is 0 Å². The van der Waals surface area contributed by atoms with Crippen LogP contribution in [-0.2, 0) is 4.79 Å². The summed E-state index contributed by atoms with van der Waals surface area (Å²) in [5, 5.41) is 3.03. The van der Waals surface area contributed by atoms with Gasteiger partial charge in [0.25, 0.3) is 0 Å². The van der Waals surface area contributed by atoms with Crippen molar-refractivity contribution in [2.45, 2.75) is 19.9 Å². The molecule has 6 heteroatoms. The summed E-state index contributed by atoms with van der Waals surface area (Å²) in [5.41, 5.74) is 0.746. The lowest BCUT2D eigenvalue weighted by atomic mass is 10.0. The Bertz CT molecular complexity index is 492. The number of halogens is 2. The fraction of sp³-hybridized carbons (Fsp3) is 0.385. The number of carbonyl (C=O) groups is 2. The summed E-state index contributed by atoms with van der Waals surface area (Å²) in [6.45, 7) is 3.16. The number of carbonyl (C=O) groups excluding carboxylic acids is 2. The maximum atomic E-state index is 12.2. The standard InChI is InChI=1S/C13H16Cl2N2O2/c1-7(17(3)4)13(19)9-5-10(14)12(11(15)6-9)16-8(2)18/h5-7H,1-4H3,(H,16,18). The van der Waals surface area contributed by atoms with E-state index >= 15 is 0 Å². The molecule has 0 aromatic heterocycles. The Morgan fingerprint density at radius 1 is 1.21 bits per heavy atom. The number of rotatable bonds is 4. The topological polar surface area (TPSA) is 49.4 Å². The predicted molar refractivity (Wildman–Crippen MR) is 78.2 cm³/mol. The predicted octanol–water partition coefficient (Wildman–Crippen LogP) is 3.08. The van der Waals surface area contributed by atoms with Gasteiger partial charge in [-0.15, -0.1) is 0 Å². The van der Waals surface area contributed by atoms with Gasteiger partial charge in [-0.05, 0) is 33.2 Å². The van der Waals surface area contributed by atoms with E-state index in [0.29, 0.717) is 11.3 Å². The molecule has 1 aromatic carbocycles. The zero-order valence-corrected chi connectivity index (χ0v) is 12.8. The van der Waals surface area contributed by atoms with Crippen molar-refractivity contribution in [2.24, 2.45) is 0 Å². The highest BCUT2D eigenvalue weighted by Crippen LogP contribution is 2.32. The van der Waals surface area contributed by atoms with E-state index in [1.54, 1.807) is 11.8 Å². The van der Waals surface area contributed by atoms with Crippen LogP contribution < -0.4 is 5.32 Å². The summed E-state index contributed by atoms with van der Waals surface area (Å²) in [4.78, 5) is 25.0. The van der Waals surface area contributed by atoms with Crippen LogP contribution in [0.4, 0.5) is 5.69 Å². The van der Waals surface area contributed by atoms with Gasteiger partial charge >= 0.3 is 0 Å². The van der Waals surface area contributed by atoms with E-state index in [2.05, 4.69) is 5.32 Å². The van der Waals surface area contributed by atoms with Crippen molar-refractivity contribution >= 4 is 40.6 Å². The maximum absolute atomic E-state index is 12.2. The van der Waals surface area contributed by atoms with E-state index in [4.69, 9.17) is 23.2 Å². The van der Waals surface area contributed by atoms with Crippen LogP contribution in [0.25, 0.3) is 0 Å². The lowest BCUT2D eigenvalue weighted by Gasteiger charge is -2.19. The van der Waals surface area contributed by atoms with Crippen molar-refractivity contribution in [3.05, 3.63) is 27.7 Å². The molecule has 0 spiro atoms. The summed E-state index contributed by atoms with van der Waals surface area (Å²) in [5.74, 6) is -0.354. The summed E-state index contributed by atoms with van der Waals surface area (Å²) in [7, 11) is 3.63. The largest absolute Gasteiger partial charge is 0.324 e. The molecular formula is C13H16Cl2N2O2. The number of hydrogen-bond donors (Lipinski definition) is 1. The second-order valence-electron chi connectivity index (χ2n) is 4.50. The third-order valence-corrected chi connectivity index (χ3v) is 3.38. The summed E-state index contributed by atoms with van der Waals surface area (Å²) in [6.07, 6.45) is 0. The Kier molecular flexibility index (Phi) is 5.35. The molecule has 1 rings (SSSR count). The van der Waals surface area contributed by atoms with E-state index in [9.17, 15) is 9.59 Å². The van der Waals surface area contributed by atoms with Gasteiger partial charge in [0.05, 0.1) is 21.8 Å². The van der Waals surface area contributed by atoms with E-state index in [1.807, 2.05) is 14.1 Å². The Morgan fingerprint density at radius 3 is 2.05 bits per heavy atom. The third-order valence-electron chi connectivity index (χ3n) is 2.78. The van der Waals surface area contributed by atoms with E-state index in [-0.39, 0.29) is 27.8 Å². The van der Waals surface area contributed by atoms with E-state index < -0.39 is 0 Å². The molecule has 0 bridgehead atoms. The highest BCUT2D eigenvalue weighted by Gasteiger charge is 2.20. The van der Waals surface area contributed by atoms with Gasteiger partial charge in [-0.3, -0.25) is 14.5 Å². The van der Waals surface area contributed by atoms with Crippen LogP contribution in [0.3, 0.4) is 0 Å². The van der Waals surface area contributed by atoms with Crippen LogP contribution in [0.5, 0.6) is 0 Å². The minimum absolute atomic E-state index is 0.0804. The van der Waals surface area contributed by atoms with Crippen LogP contribution in [0.2, 0.25) is 10.0 Å². The van der Waals surface area contributed by atoms with Crippen LogP contribution in [-0.4, -0.2) is 36.7 Å². The van der Waals surface area contributed by atoms with Gasteiger partial charge in [0.15, 0.2) is 5.78 Å². The van der Waals surface area contributed by atoms with Crippen molar-refractivity contribution in [3.63, 3.8) is 0 Å². The summed E-state index contributed by atoms with van der Waals surface area (Å²) < 4.78 is 0. The Balaban J connectivity index is 3.14. The molecule has 0 aliphatic carbocycles. The summed E-state index contributed by atoms with van der Waals surface area (Å²) in [6, 6.07) is 2.75. The monoisotopic (exact) mass is 302 g/mol. The smallest absolute Gasteiger partial charge is 0.221 e. The van der Waals surface area contributed by atoms with Gasteiger partial charge in [0.2, 0.25) is 5.91 Å². The van der Waals surface area contributed by atoms with Crippen molar-refractivity contribution in [2.75, 3.05) is 19.4 Å². The second kappa shape index (κ2) is 6.37. The number of likely N-dealkylation sites (N-methyl/N-ethyl adjacent to an activating group) is 1. The molecule has 1 unspecified atom stereocenters. The first-order valence-corrected chi connectivity index (χ1v) is 6.47. The lowest BCUT2D eigenvalue weighted by molar-refractivity contribution is -0.114. The molecule has 1 atom stereocenters. The van der Waals surface area contributed by atoms with Crippen molar-refractivity contribution in [1.29, 1.82) is 0 Å². The van der Waals surface area contributed by atoms with Crippen LogP contribution in [0.15, 0.2) is 12.1 Å². The van der Waals surface area contributed by atoms with E-state index in [0.717, 1.165) is 0 Å². The molecule has 0 fully saturated rings. The zero-order valence-electron chi connectivity index (χ0n) is 11.3. The first kappa shape index (κ1) is 16.0. The average Bonchev–Trinajstić information content (AvgIpc) is 2.31. The number of hydrogen-bond acceptors (Lipinski definition) is 3. The third kappa shape index (κ3) is 3.93. The van der Waals surface area contributed by atoms with Crippen LogP contribution >= 0.6 is 23.2 Å². The Hall–Kier alpha value is -1.10. The number of amides is 1. The minimum atomic E-state index is -0.279. The van der Waals surface area contributed by atoms with Crippen molar-refractivity contribution < 1.29 is 9.59 Å². The van der Waals surface area contributed by atoms with Crippen molar-refractivity contribution in [3.8, 4) is 0 Å². The fourth-order valence-corrected chi connectivity index (χ4v) is 2.07. The first-order valence-electron chi connectivity index (χ1n) is 5.71. The molecule has 19 heavy (non-hydrogen) atoms. The molecule has 0 heterocycles. The van der Waals surface area contributed by atoms with Gasteiger partial charge < -0.3 is 5.32 Å². The molecule has 4 nitrogen and oxygen atoms in total. The molecule has 0 aliphatic heterocycles. The van der Waals surface area contributed by atoms with Crippen LogP contribution in [0.1, 0.15) is 24.2 Å². The second-order valence-corrected chi connectivity index (χ2v) is 5.31. The minimum Gasteiger partial charge on any atom is -0.324 e. The fourth-order valence-electron chi connectivity index (χ4n) is 1.49. The molecular weight excluding hydrogens is 287 g/mol. The van der Waals surface area contributed by atoms with Gasteiger partial charge in [0.1, 0.15) is 0 Å². The number of nitrogens with zero attached hydrogens (tertiary/aromatic N) is 1. The molecule has 1 aromatic rings. The molecule has 0 radical (unpaired) electrons. The Labute approximate surface area is 122 Å². The summed E-state index contributed by atoms with van der Waals surface area (Å²) >= 11 is 12.1. The number of Topliss-reactive ketones (excluding diaryl/α,β-unsaturated/α-hetero) is 1. The number of ketones is 1. The highest BCUT2D eigenvalue weighted by molar-refractivity contribution is 6.40. The SMILES string of the molecule is CC(=O)Nc1c(Cl)cc(C(=O)C(C)N(C)C)cc1Cl. The molecule has 0 saturated carbocycles. The molecule has 0 aliphatic rings. The van der Waals surface area contributed by atoms with Gasteiger partial charge in [-0.2, -0.15) is 0 Å². The molecule has 1 N–H and O–H groups in total. The molecule has 104 valence electrons. The lowest BCUT2D eigenvalue weighted by Crippen LogP contribution is -2.32. The quantitative estimate of drug-likeness (QED) is 0.870. The van der Waals surface area contributed by atoms with E-state index in [1.165, 1.54) is 19.1 Å². The average molecular weight is 303 g/mol. The molecule has 1 amide bonds.